The summed E-state index contributed by atoms with van der Waals surface area (Å²) in [4.78, 5) is 0. The van der Waals surface area contributed by atoms with Gasteiger partial charge in [0, 0.05) is 15.0 Å². The standard InChI is InChI=1S/C16H17Br2N/c1-2-19-16(8-12-6-4-3-5-7-12)13-9-14(17)11-15(18)10-13/h3-7,9-11,16,19H,2,8H2,1H3. The van der Waals surface area contributed by atoms with Crippen LogP contribution in [0, 0.1) is 0 Å². The first-order valence-corrected chi connectivity index (χ1v) is 8.01. The van der Waals surface area contributed by atoms with Crippen LogP contribution in [0.5, 0.6) is 0 Å². The van der Waals surface area contributed by atoms with Crippen molar-refractivity contribution in [2.75, 3.05) is 6.54 Å². The second-order valence-corrected chi connectivity index (χ2v) is 6.33. The molecule has 2 aromatic rings. The van der Waals surface area contributed by atoms with Crippen LogP contribution in [0.4, 0.5) is 0 Å². The molecule has 0 saturated heterocycles. The Balaban J connectivity index is 2.24. The lowest BCUT2D eigenvalue weighted by Crippen LogP contribution is -2.23. The van der Waals surface area contributed by atoms with Gasteiger partial charge in [-0.25, -0.2) is 0 Å². The van der Waals surface area contributed by atoms with Crippen molar-refractivity contribution >= 4 is 31.9 Å². The van der Waals surface area contributed by atoms with Gasteiger partial charge in [0.25, 0.3) is 0 Å². The summed E-state index contributed by atoms with van der Waals surface area (Å²) in [5.74, 6) is 0. The van der Waals surface area contributed by atoms with Gasteiger partial charge in [0.1, 0.15) is 0 Å². The molecule has 0 saturated carbocycles. The van der Waals surface area contributed by atoms with Crippen LogP contribution in [0.15, 0.2) is 57.5 Å². The molecule has 0 aliphatic carbocycles. The molecule has 0 aromatic heterocycles. The monoisotopic (exact) mass is 381 g/mol. The van der Waals surface area contributed by atoms with Crippen molar-refractivity contribution in [3.63, 3.8) is 0 Å². The number of hydrogen-bond acceptors (Lipinski definition) is 1. The second kappa shape index (κ2) is 7.22. The maximum absolute atomic E-state index is 3.56. The predicted octanol–water partition coefficient (Wildman–Crippen LogP) is 5.10. The Morgan fingerprint density at radius 3 is 2.21 bits per heavy atom. The number of halogens is 2. The lowest BCUT2D eigenvalue weighted by atomic mass is 9.99. The average Bonchev–Trinajstić information content (AvgIpc) is 2.38. The van der Waals surface area contributed by atoms with Gasteiger partial charge in [-0.1, -0.05) is 69.1 Å². The van der Waals surface area contributed by atoms with Crippen molar-refractivity contribution in [2.45, 2.75) is 19.4 Å². The molecule has 2 aromatic carbocycles. The summed E-state index contributed by atoms with van der Waals surface area (Å²) in [6, 6.07) is 17.4. The van der Waals surface area contributed by atoms with E-state index in [-0.39, 0.29) is 0 Å². The fourth-order valence-corrected chi connectivity index (χ4v) is 3.51. The fraction of sp³-hybridized carbons (Fsp3) is 0.250. The van der Waals surface area contributed by atoms with Crippen molar-refractivity contribution in [3.05, 3.63) is 68.6 Å². The van der Waals surface area contributed by atoms with E-state index in [0.29, 0.717) is 6.04 Å². The van der Waals surface area contributed by atoms with Gasteiger partial charge < -0.3 is 5.32 Å². The van der Waals surface area contributed by atoms with Crippen molar-refractivity contribution in [3.8, 4) is 0 Å². The van der Waals surface area contributed by atoms with E-state index in [1.165, 1.54) is 11.1 Å². The van der Waals surface area contributed by atoms with Gasteiger partial charge in [0.05, 0.1) is 0 Å². The summed E-state index contributed by atoms with van der Waals surface area (Å²) in [5.41, 5.74) is 2.65. The Labute approximate surface area is 131 Å². The number of rotatable bonds is 5. The molecule has 3 heteroatoms. The summed E-state index contributed by atoms with van der Waals surface area (Å²) in [6.45, 7) is 3.10. The predicted molar refractivity (Wildman–Crippen MR) is 88.4 cm³/mol. The molecule has 0 fully saturated rings. The average molecular weight is 383 g/mol. The van der Waals surface area contributed by atoms with Gasteiger partial charge in [-0.15, -0.1) is 0 Å². The minimum atomic E-state index is 0.334. The molecule has 1 N–H and O–H groups in total. The van der Waals surface area contributed by atoms with Gasteiger partial charge in [0.15, 0.2) is 0 Å². The third kappa shape index (κ3) is 4.44. The Kier molecular flexibility index (Phi) is 5.61. The summed E-state index contributed by atoms with van der Waals surface area (Å²) < 4.78 is 2.21. The topological polar surface area (TPSA) is 12.0 Å². The van der Waals surface area contributed by atoms with Crippen LogP contribution < -0.4 is 5.32 Å². The van der Waals surface area contributed by atoms with E-state index in [1.807, 2.05) is 0 Å². The Bertz CT molecular complexity index is 505. The molecule has 0 spiro atoms. The third-order valence-electron chi connectivity index (χ3n) is 3.02. The number of hydrogen-bond donors (Lipinski definition) is 1. The summed E-state index contributed by atoms with van der Waals surface area (Å²) >= 11 is 7.12. The molecule has 2 rings (SSSR count). The second-order valence-electron chi connectivity index (χ2n) is 4.50. The molecule has 1 nitrogen and oxygen atoms in total. The SMILES string of the molecule is CCNC(Cc1ccccc1)c1cc(Br)cc(Br)c1. The smallest absolute Gasteiger partial charge is 0.0361 e. The minimum absolute atomic E-state index is 0.334. The highest BCUT2D eigenvalue weighted by Crippen LogP contribution is 2.26. The lowest BCUT2D eigenvalue weighted by molar-refractivity contribution is 0.549. The van der Waals surface area contributed by atoms with Crippen molar-refractivity contribution in [1.29, 1.82) is 0 Å². The molecule has 0 aliphatic rings. The molecule has 1 unspecified atom stereocenters. The molecule has 0 aliphatic heterocycles. The number of benzene rings is 2. The van der Waals surface area contributed by atoms with E-state index < -0.39 is 0 Å². The zero-order valence-corrected chi connectivity index (χ0v) is 14.0. The summed E-state index contributed by atoms with van der Waals surface area (Å²) in [6.07, 6.45) is 0.998. The minimum Gasteiger partial charge on any atom is -0.310 e. The Morgan fingerprint density at radius 1 is 1.00 bits per heavy atom. The largest absolute Gasteiger partial charge is 0.310 e. The maximum atomic E-state index is 3.56. The van der Waals surface area contributed by atoms with Crippen LogP contribution in [0.25, 0.3) is 0 Å². The molecule has 0 heterocycles. The van der Waals surface area contributed by atoms with Crippen molar-refractivity contribution in [2.24, 2.45) is 0 Å². The van der Waals surface area contributed by atoms with E-state index in [2.05, 4.69) is 92.6 Å². The van der Waals surface area contributed by atoms with Crippen LogP contribution >= 0.6 is 31.9 Å². The van der Waals surface area contributed by atoms with Crippen LogP contribution in [0.2, 0.25) is 0 Å². The van der Waals surface area contributed by atoms with Gasteiger partial charge >= 0.3 is 0 Å². The maximum Gasteiger partial charge on any atom is 0.0361 e. The molecule has 19 heavy (non-hydrogen) atoms. The zero-order chi connectivity index (χ0) is 13.7. The van der Waals surface area contributed by atoms with E-state index >= 15 is 0 Å². The van der Waals surface area contributed by atoms with E-state index in [0.717, 1.165) is 21.9 Å². The molecule has 0 radical (unpaired) electrons. The van der Waals surface area contributed by atoms with Crippen molar-refractivity contribution in [1.82, 2.24) is 5.32 Å². The van der Waals surface area contributed by atoms with Crippen molar-refractivity contribution < 1.29 is 0 Å². The summed E-state index contributed by atoms with van der Waals surface area (Å²) in [5, 5.41) is 3.56. The first kappa shape index (κ1) is 14.8. The molecule has 1 atom stereocenters. The van der Waals surface area contributed by atoms with Crippen LogP contribution in [-0.2, 0) is 6.42 Å². The fourth-order valence-electron chi connectivity index (χ4n) is 2.18. The molecule has 0 bridgehead atoms. The number of likely N-dealkylation sites (N-methyl/N-ethyl adjacent to an activating group) is 1. The van der Waals surface area contributed by atoms with Gasteiger partial charge in [0.2, 0.25) is 0 Å². The van der Waals surface area contributed by atoms with Gasteiger partial charge in [-0.05, 0) is 42.3 Å². The highest BCUT2D eigenvalue weighted by atomic mass is 79.9. The van der Waals surface area contributed by atoms with Gasteiger partial charge in [-0.3, -0.25) is 0 Å². The quantitative estimate of drug-likeness (QED) is 0.757. The third-order valence-corrected chi connectivity index (χ3v) is 3.94. The number of nitrogens with one attached hydrogen (secondary N) is 1. The zero-order valence-electron chi connectivity index (χ0n) is 10.9. The molecular formula is C16H17Br2N. The molecule has 100 valence electrons. The Morgan fingerprint density at radius 2 is 1.63 bits per heavy atom. The van der Waals surface area contributed by atoms with Crippen LogP contribution in [-0.4, -0.2) is 6.54 Å². The van der Waals surface area contributed by atoms with Crippen LogP contribution in [0.3, 0.4) is 0 Å². The van der Waals surface area contributed by atoms with Crippen LogP contribution in [0.1, 0.15) is 24.1 Å². The highest BCUT2D eigenvalue weighted by Gasteiger charge is 2.12. The van der Waals surface area contributed by atoms with E-state index in [1.54, 1.807) is 0 Å². The molecular weight excluding hydrogens is 366 g/mol. The summed E-state index contributed by atoms with van der Waals surface area (Å²) in [7, 11) is 0. The van der Waals surface area contributed by atoms with Gasteiger partial charge in [-0.2, -0.15) is 0 Å². The Hall–Kier alpha value is -0.640. The molecule has 0 amide bonds. The van der Waals surface area contributed by atoms with E-state index in [9.17, 15) is 0 Å². The lowest BCUT2D eigenvalue weighted by Gasteiger charge is -2.19. The first-order chi connectivity index (χ1) is 9.19. The van der Waals surface area contributed by atoms with E-state index in [4.69, 9.17) is 0 Å². The first-order valence-electron chi connectivity index (χ1n) is 6.42. The normalized spacial score (nSPS) is 12.4. The highest BCUT2D eigenvalue weighted by molar-refractivity contribution is 9.11.